The number of phosphoric acid groups is 2. The molecule has 0 fully saturated rings. The molecule has 0 amide bonds. The molecule has 19 heteroatoms. The van der Waals surface area contributed by atoms with Crippen molar-refractivity contribution in [2.45, 2.75) is 348 Å². The van der Waals surface area contributed by atoms with Crippen molar-refractivity contribution in [1.29, 1.82) is 0 Å². The van der Waals surface area contributed by atoms with Crippen LogP contribution in [-0.2, 0) is 65.4 Å². The smallest absolute Gasteiger partial charge is 0.462 e. The number of carbonyl (C=O) groups excluding carboxylic acids is 4. The van der Waals surface area contributed by atoms with E-state index < -0.39 is 97.5 Å². The molecule has 0 aromatic heterocycles. The van der Waals surface area contributed by atoms with Crippen molar-refractivity contribution in [3.63, 3.8) is 0 Å². The Morgan fingerprint density at radius 2 is 0.482 bits per heavy atom. The van der Waals surface area contributed by atoms with Crippen LogP contribution < -0.4 is 0 Å². The van der Waals surface area contributed by atoms with E-state index in [2.05, 4.69) is 27.7 Å². The molecule has 0 aliphatic heterocycles. The van der Waals surface area contributed by atoms with Crippen LogP contribution in [0.2, 0.25) is 0 Å². The number of rotatable bonds is 65. The number of hydrogen-bond donors (Lipinski definition) is 3. The first-order valence-electron chi connectivity index (χ1n) is 33.8. The predicted molar refractivity (Wildman–Crippen MR) is 331 cm³/mol. The maximum absolute atomic E-state index is 13.0. The van der Waals surface area contributed by atoms with Gasteiger partial charge in [0.2, 0.25) is 0 Å². The molecule has 2 unspecified atom stereocenters. The Hall–Kier alpha value is -1.94. The number of carbonyl (C=O) groups is 4. The number of aliphatic hydroxyl groups is 1. The molecule has 492 valence electrons. The topological polar surface area (TPSA) is 237 Å². The average Bonchev–Trinajstić information content (AvgIpc) is 3.46. The molecule has 0 aromatic carbocycles. The molecule has 0 aliphatic rings. The third kappa shape index (κ3) is 58.8. The van der Waals surface area contributed by atoms with Gasteiger partial charge in [-0.25, -0.2) is 9.13 Å². The minimum Gasteiger partial charge on any atom is -0.462 e. The van der Waals surface area contributed by atoms with Gasteiger partial charge in [-0.1, -0.05) is 278 Å². The first-order chi connectivity index (χ1) is 40.2. The molecule has 17 nitrogen and oxygen atoms in total. The van der Waals surface area contributed by atoms with Gasteiger partial charge in [0, 0.05) is 25.7 Å². The molecule has 0 aromatic rings. The number of esters is 4. The van der Waals surface area contributed by atoms with Crippen LogP contribution in [-0.4, -0.2) is 96.7 Å². The maximum Gasteiger partial charge on any atom is 0.472 e. The van der Waals surface area contributed by atoms with Crippen molar-refractivity contribution in [3.8, 4) is 0 Å². The molecule has 0 rings (SSSR count). The van der Waals surface area contributed by atoms with Gasteiger partial charge in [0.05, 0.1) is 26.4 Å². The van der Waals surface area contributed by atoms with Crippen molar-refractivity contribution < 1.29 is 80.2 Å². The second kappa shape index (κ2) is 59.0. The molecule has 3 N–H and O–H groups in total. The Morgan fingerprint density at radius 3 is 0.711 bits per heavy atom. The third-order valence-electron chi connectivity index (χ3n) is 14.9. The Labute approximate surface area is 505 Å². The summed E-state index contributed by atoms with van der Waals surface area (Å²) in [5.41, 5.74) is 0. The zero-order valence-corrected chi connectivity index (χ0v) is 54.9. The Kier molecular flexibility index (Phi) is 57.7. The van der Waals surface area contributed by atoms with Gasteiger partial charge >= 0.3 is 39.5 Å². The Balaban J connectivity index is 5.16. The van der Waals surface area contributed by atoms with Gasteiger partial charge in [0.25, 0.3) is 0 Å². The van der Waals surface area contributed by atoms with Gasteiger partial charge < -0.3 is 33.8 Å². The third-order valence-corrected chi connectivity index (χ3v) is 16.8. The van der Waals surface area contributed by atoms with Gasteiger partial charge in [-0.2, -0.15) is 0 Å². The number of ether oxygens (including phenoxy) is 4. The van der Waals surface area contributed by atoms with Crippen molar-refractivity contribution in [1.82, 2.24) is 0 Å². The molecule has 0 bridgehead atoms. The van der Waals surface area contributed by atoms with Crippen LogP contribution >= 0.6 is 15.6 Å². The molecule has 0 heterocycles. The lowest BCUT2D eigenvalue weighted by molar-refractivity contribution is -0.161. The van der Waals surface area contributed by atoms with Crippen LogP contribution in [0.1, 0.15) is 329 Å². The summed E-state index contributed by atoms with van der Waals surface area (Å²) < 4.78 is 67.8. The fraction of sp³-hybridized carbons (Fsp3) is 0.938. The second-order valence-electron chi connectivity index (χ2n) is 23.2. The highest BCUT2D eigenvalue weighted by Crippen LogP contribution is 2.45. The van der Waals surface area contributed by atoms with E-state index in [1.165, 1.54) is 154 Å². The van der Waals surface area contributed by atoms with E-state index in [4.69, 9.17) is 37.0 Å². The fourth-order valence-electron chi connectivity index (χ4n) is 9.63. The van der Waals surface area contributed by atoms with Gasteiger partial charge in [0.1, 0.15) is 19.3 Å². The fourth-order valence-corrected chi connectivity index (χ4v) is 11.2. The minimum absolute atomic E-state index is 0.106. The number of unbranched alkanes of at least 4 members (excludes halogenated alkanes) is 39. The van der Waals surface area contributed by atoms with Crippen LogP contribution in [0.5, 0.6) is 0 Å². The van der Waals surface area contributed by atoms with Gasteiger partial charge in [-0.05, 0) is 25.7 Å². The molecule has 83 heavy (non-hydrogen) atoms. The van der Waals surface area contributed by atoms with Crippen molar-refractivity contribution in [2.24, 2.45) is 0 Å². The van der Waals surface area contributed by atoms with Crippen LogP contribution in [0.4, 0.5) is 0 Å². The van der Waals surface area contributed by atoms with Gasteiger partial charge in [-0.3, -0.25) is 37.3 Å². The molecular weight excluding hydrogens is 1100 g/mol. The highest BCUT2D eigenvalue weighted by atomic mass is 31.2. The normalized spacial score (nSPS) is 14.2. The summed E-state index contributed by atoms with van der Waals surface area (Å²) >= 11 is 0. The quantitative estimate of drug-likeness (QED) is 0.0222. The second-order valence-corrected chi connectivity index (χ2v) is 26.1. The Morgan fingerprint density at radius 1 is 0.289 bits per heavy atom. The summed E-state index contributed by atoms with van der Waals surface area (Å²) in [6.45, 7) is 4.81. The molecule has 0 radical (unpaired) electrons. The zero-order chi connectivity index (χ0) is 61.2. The first-order valence-corrected chi connectivity index (χ1v) is 36.8. The summed E-state index contributed by atoms with van der Waals surface area (Å²) in [5, 5.41) is 10.5. The van der Waals surface area contributed by atoms with E-state index in [0.29, 0.717) is 25.7 Å². The van der Waals surface area contributed by atoms with Crippen LogP contribution in [0.25, 0.3) is 0 Å². The van der Waals surface area contributed by atoms with E-state index in [-0.39, 0.29) is 25.7 Å². The standard InChI is InChI=1S/C64H124O17P2/c1-5-9-13-17-20-23-26-28-29-30-31-33-36-39-43-47-51-64(69)81-60(55-75-62(67)49-45-41-37-35-32-27-24-21-18-14-10-6-2)57-79-83(72,73)77-53-58(65)52-76-82(70,71)78-56-59(54-74-61(66)48-44-40-16-12-8-4)80-63(68)50-46-42-38-34-25-22-19-15-11-7-3/h58-60,65H,5-57H2,1-4H3,(H,70,71)(H,72,73)/t58-,59+,60+/m0/s1. The lowest BCUT2D eigenvalue weighted by atomic mass is 10.0. The number of aliphatic hydroxyl groups excluding tert-OH is 1. The largest absolute Gasteiger partial charge is 0.472 e. The number of hydrogen-bond acceptors (Lipinski definition) is 15. The highest BCUT2D eigenvalue weighted by Gasteiger charge is 2.30. The predicted octanol–water partition coefficient (Wildman–Crippen LogP) is 17.9. The van der Waals surface area contributed by atoms with E-state index in [1.807, 2.05) is 0 Å². The van der Waals surface area contributed by atoms with Gasteiger partial charge in [0.15, 0.2) is 12.2 Å². The lowest BCUT2D eigenvalue weighted by Crippen LogP contribution is -2.30. The monoisotopic (exact) mass is 1230 g/mol. The summed E-state index contributed by atoms with van der Waals surface area (Å²) in [7, 11) is -9.87. The Bertz CT molecular complexity index is 1600. The zero-order valence-electron chi connectivity index (χ0n) is 53.2. The van der Waals surface area contributed by atoms with Crippen molar-refractivity contribution in [3.05, 3.63) is 0 Å². The lowest BCUT2D eigenvalue weighted by Gasteiger charge is -2.21. The van der Waals surface area contributed by atoms with Gasteiger partial charge in [-0.15, -0.1) is 0 Å². The summed E-state index contributed by atoms with van der Waals surface area (Å²) in [5.74, 6) is -2.14. The molecule has 0 spiro atoms. The molecular formula is C64H124O17P2. The molecule has 0 saturated carbocycles. The van der Waals surface area contributed by atoms with Crippen LogP contribution in [0.15, 0.2) is 0 Å². The SMILES string of the molecule is CCCCCCCCCCCCCCCCCCC(=O)O[C@H](COC(=O)CCCCCCCCCCCCCC)COP(=O)(O)OC[C@@H](O)COP(=O)(O)OC[C@@H](COC(=O)CCCCCCC)OC(=O)CCCCCCCCCCCC. The molecule has 0 aliphatic carbocycles. The highest BCUT2D eigenvalue weighted by molar-refractivity contribution is 7.47. The van der Waals surface area contributed by atoms with Crippen LogP contribution in [0, 0.1) is 0 Å². The summed E-state index contributed by atoms with van der Waals surface area (Å²) in [6, 6.07) is 0. The minimum atomic E-state index is -4.94. The molecule has 0 saturated heterocycles. The maximum atomic E-state index is 13.0. The first kappa shape index (κ1) is 81.1. The molecule has 5 atom stereocenters. The number of phosphoric ester groups is 2. The van der Waals surface area contributed by atoms with E-state index in [1.54, 1.807) is 0 Å². The van der Waals surface area contributed by atoms with E-state index in [9.17, 15) is 43.2 Å². The summed E-state index contributed by atoms with van der Waals surface area (Å²) in [4.78, 5) is 72.0. The van der Waals surface area contributed by atoms with E-state index in [0.717, 1.165) is 96.3 Å². The van der Waals surface area contributed by atoms with Crippen molar-refractivity contribution >= 4 is 39.5 Å². The average molecular weight is 1230 g/mol. The van der Waals surface area contributed by atoms with Crippen molar-refractivity contribution in [2.75, 3.05) is 39.6 Å². The summed E-state index contributed by atoms with van der Waals surface area (Å²) in [6.07, 6.45) is 44.7. The van der Waals surface area contributed by atoms with Crippen LogP contribution in [0.3, 0.4) is 0 Å². The van der Waals surface area contributed by atoms with E-state index >= 15 is 0 Å².